The van der Waals surface area contributed by atoms with Crippen molar-refractivity contribution in [3.63, 3.8) is 0 Å². The molecule has 0 saturated heterocycles. The van der Waals surface area contributed by atoms with Gasteiger partial charge < -0.3 is 9.84 Å². The van der Waals surface area contributed by atoms with Gasteiger partial charge in [-0.25, -0.2) is 0 Å². The van der Waals surface area contributed by atoms with Gasteiger partial charge in [0.05, 0.1) is 17.6 Å². The molecule has 0 heterocycles. The minimum absolute atomic E-state index is 0.00267. The van der Waals surface area contributed by atoms with Crippen molar-refractivity contribution in [1.82, 2.24) is 0 Å². The minimum Gasteiger partial charge on any atom is -0.390 e. The van der Waals surface area contributed by atoms with E-state index in [2.05, 4.69) is 0 Å². The number of aliphatic hydroxyl groups is 1. The first-order chi connectivity index (χ1) is 8.08. The highest BCUT2D eigenvalue weighted by molar-refractivity contribution is 5.50. The summed E-state index contributed by atoms with van der Waals surface area (Å²) in [5, 5.41) is 28.9. The maximum atomic E-state index is 10.6. The van der Waals surface area contributed by atoms with Crippen LogP contribution in [-0.4, -0.2) is 29.9 Å². The van der Waals surface area contributed by atoms with Crippen LogP contribution in [0.25, 0.3) is 0 Å². The molecule has 6 heteroatoms. The third kappa shape index (κ3) is 3.52. The molecule has 0 fully saturated rings. The number of rotatable bonds is 5. The van der Waals surface area contributed by atoms with E-state index in [1.165, 1.54) is 25.3 Å². The molecule has 0 bridgehead atoms. The Balaban J connectivity index is 2.91. The Bertz CT molecular complexity index is 453. The Labute approximate surface area is 98.2 Å². The molecule has 0 radical (unpaired) electrons. The summed E-state index contributed by atoms with van der Waals surface area (Å²) in [6.45, 7) is 0.179. The van der Waals surface area contributed by atoms with E-state index in [1.54, 1.807) is 6.07 Å². The molecule has 1 aromatic carbocycles. The summed E-state index contributed by atoms with van der Waals surface area (Å²) in [4.78, 5) is 10.00. The fraction of sp³-hybridized carbons (Fsp3) is 0.364. The summed E-state index contributed by atoms with van der Waals surface area (Å²) in [7, 11) is 1.47. The van der Waals surface area contributed by atoms with Crippen LogP contribution in [0.15, 0.2) is 18.2 Å². The highest BCUT2D eigenvalue weighted by Crippen LogP contribution is 2.19. The molecule has 90 valence electrons. The number of hydrogen-bond acceptors (Lipinski definition) is 5. The van der Waals surface area contributed by atoms with E-state index in [4.69, 9.17) is 10.00 Å². The molecule has 1 unspecified atom stereocenters. The summed E-state index contributed by atoms with van der Waals surface area (Å²) in [6, 6.07) is 5.98. The van der Waals surface area contributed by atoms with Gasteiger partial charge in [0.1, 0.15) is 11.6 Å². The highest BCUT2D eigenvalue weighted by atomic mass is 16.6. The van der Waals surface area contributed by atoms with E-state index >= 15 is 0 Å². The Kier molecular flexibility index (Phi) is 4.57. The van der Waals surface area contributed by atoms with E-state index in [0.29, 0.717) is 12.0 Å². The molecular formula is C11H12N2O4. The maximum Gasteiger partial charge on any atom is 0.287 e. The Morgan fingerprint density at radius 2 is 2.35 bits per heavy atom. The van der Waals surface area contributed by atoms with Crippen LogP contribution in [0.3, 0.4) is 0 Å². The van der Waals surface area contributed by atoms with Crippen molar-refractivity contribution in [3.8, 4) is 6.07 Å². The van der Waals surface area contributed by atoms with Gasteiger partial charge >= 0.3 is 0 Å². The molecule has 0 aliphatic rings. The molecule has 0 amide bonds. The van der Waals surface area contributed by atoms with Gasteiger partial charge in [-0.15, -0.1) is 0 Å². The zero-order valence-electron chi connectivity index (χ0n) is 9.29. The second-order valence-corrected chi connectivity index (χ2v) is 3.53. The van der Waals surface area contributed by atoms with E-state index < -0.39 is 11.0 Å². The van der Waals surface area contributed by atoms with Crippen molar-refractivity contribution in [1.29, 1.82) is 5.26 Å². The van der Waals surface area contributed by atoms with E-state index in [9.17, 15) is 15.2 Å². The topological polar surface area (TPSA) is 96.4 Å². The minimum atomic E-state index is -0.687. The lowest BCUT2D eigenvalue weighted by atomic mass is 10.0. The third-order valence-corrected chi connectivity index (χ3v) is 2.21. The van der Waals surface area contributed by atoms with Crippen LogP contribution in [0, 0.1) is 21.4 Å². The highest BCUT2D eigenvalue weighted by Gasteiger charge is 2.14. The average molecular weight is 236 g/mol. The van der Waals surface area contributed by atoms with Crippen molar-refractivity contribution < 1.29 is 14.8 Å². The largest absolute Gasteiger partial charge is 0.390 e. The molecule has 0 aliphatic carbocycles. The summed E-state index contributed by atoms with van der Waals surface area (Å²) >= 11 is 0. The van der Waals surface area contributed by atoms with Crippen LogP contribution in [0.4, 0.5) is 5.69 Å². The van der Waals surface area contributed by atoms with Crippen molar-refractivity contribution in [2.75, 3.05) is 13.7 Å². The lowest BCUT2D eigenvalue weighted by molar-refractivity contribution is -0.385. The SMILES string of the molecule is COCC(O)Cc1ccc([N+](=O)[O-])c(C#N)c1. The first kappa shape index (κ1) is 13.1. The van der Waals surface area contributed by atoms with Gasteiger partial charge in [-0.3, -0.25) is 10.1 Å². The van der Waals surface area contributed by atoms with Crippen LogP contribution in [0.1, 0.15) is 11.1 Å². The second kappa shape index (κ2) is 5.94. The Morgan fingerprint density at radius 3 is 2.88 bits per heavy atom. The molecular weight excluding hydrogens is 224 g/mol. The number of nitriles is 1. The quantitative estimate of drug-likeness (QED) is 0.608. The van der Waals surface area contributed by atoms with Gasteiger partial charge in [0, 0.05) is 19.6 Å². The summed E-state index contributed by atoms with van der Waals surface area (Å²) < 4.78 is 4.77. The van der Waals surface area contributed by atoms with Crippen LogP contribution in [-0.2, 0) is 11.2 Å². The van der Waals surface area contributed by atoms with Crippen LogP contribution < -0.4 is 0 Å². The molecule has 0 aromatic heterocycles. The van der Waals surface area contributed by atoms with Crippen molar-refractivity contribution in [2.24, 2.45) is 0 Å². The number of ether oxygens (including phenoxy) is 1. The summed E-state index contributed by atoms with van der Waals surface area (Å²) in [5.41, 5.74) is 0.436. The molecule has 1 aromatic rings. The zero-order valence-corrected chi connectivity index (χ0v) is 9.29. The smallest absolute Gasteiger partial charge is 0.287 e. The number of nitro groups is 1. The molecule has 1 atom stereocenters. The molecule has 0 spiro atoms. The predicted octanol–water partition coefficient (Wildman–Crippen LogP) is 1.02. The summed E-state index contributed by atoms with van der Waals surface area (Å²) in [6.07, 6.45) is -0.395. The van der Waals surface area contributed by atoms with E-state index in [1.807, 2.05) is 0 Å². The number of benzene rings is 1. The monoisotopic (exact) mass is 236 g/mol. The lowest BCUT2D eigenvalue weighted by Crippen LogP contribution is -2.17. The van der Waals surface area contributed by atoms with E-state index in [-0.39, 0.29) is 17.9 Å². The van der Waals surface area contributed by atoms with Gasteiger partial charge in [0.25, 0.3) is 5.69 Å². The zero-order chi connectivity index (χ0) is 12.8. The van der Waals surface area contributed by atoms with Gasteiger partial charge in [0.2, 0.25) is 0 Å². The van der Waals surface area contributed by atoms with Crippen LogP contribution in [0.5, 0.6) is 0 Å². The van der Waals surface area contributed by atoms with E-state index in [0.717, 1.165) is 0 Å². The van der Waals surface area contributed by atoms with Gasteiger partial charge in [0.15, 0.2) is 0 Å². The summed E-state index contributed by atoms with van der Waals surface area (Å²) in [5.74, 6) is 0. The molecule has 1 rings (SSSR count). The second-order valence-electron chi connectivity index (χ2n) is 3.53. The molecule has 0 aliphatic heterocycles. The molecule has 17 heavy (non-hydrogen) atoms. The van der Waals surface area contributed by atoms with Crippen molar-refractivity contribution >= 4 is 5.69 Å². The number of nitro benzene ring substituents is 1. The van der Waals surface area contributed by atoms with Gasteiger partial charge in [-0.1, -0.05) is 6.07 Å². The first-order valence-corrected chi connectivity index (χ1v) is 4.93. The van der Waals surface area contributed by atoms with Gasteiger partial charge in [-0.2, -0.15) is 5.26 Å². The molecule has 6 nitrogen and oxygen atoms in total. The average Bonchev–Trinajstić information content (AvgIpc) is 2.28. The Hall–Kier alpha value is -1.97. The number of methoxy groups -OCH3 is 1. The molecule has 1 N–H and O–H groups in total. The standard InChI is InChI=1S/C11H12N2O4/c1-17-7-10(14)5-8-2-3-11(13(15)16)9(4-8)6-12/h2-4,10,14H,5,7H2,1H3. The first-order valence-electron chi connectivity index (χ1n) is 4.93. The normalized spacial score (nSPS) is 11.8. The lowest BCUT2D eigenvalue weighted by Gasteiger charge is -2.09. The van der Waals surface area contributed by atoms with Gasteiger partial charge in [-0.05, 0) is 11.6 Å². The number of nitrogens with zero attached hydrogens (tertiary/aromatic N) is 2. The van der Waals surface area contributed by atoms with Crippen molar-refractivity contribution in [2.45, 2.75) is 12.5 Å². The Morgan fingerprint density at radius 1 is 1.65 bits per heavy atom. The van der Waals surface area contributed by atoms with Crippen molar-refractivity contribution in [3.05, 3.63) is 39.4 Å². The fourth-order valence-electron chi connectivity index (χ4n) is 1.48. The number of hydrogen-bond donors (Lipinski definition) is 1. The fourth-order valence-corrected chi connectivity index (χ4v) is 1.48. The predicted molar refractivity (Wildman–Crippen MR) is 59.4 cm³/mol. The van der Waals surface area contributed by atoms with Crippen LogP contribution >= 0.6 is 0 Å². The number of aliphatic hydroxyl groups excluding tert-OH is 1. The van der Waals surface area contributed by atoms with Crippen LogP contribution in [0.2, 0.25) is 0 Å². The third-order valence-electron chi connectivity index (χ3n) is 2.21. The molecule has 0 saturated carbocycles. The maximum absolute atomic E-state index is 10.6.